The molecular weight excluding hydrogens is 685 g/mol. The first-order valence-corrected chi connectivity index (χ1v) is 18.8. The van der Waals surface area contributed by atoms with Crippen LogP contribution in [0.1, 0.15) is 0 Å². The zero-order chi connectivity index (χ0) is 37.0. The van der Waals surface area contributed by atoms with Crippen LogP contribution in [0.5, 0.6) is 0 Å². The molecule has 4 heteroatoms. The van der Waals surface area contributed by atoms with Crippen molar-refractivity contribution in [3.8, 4) is 67.3 Å². The standard InChI is InChI=1S/C52H32N2O2/c1-3-14-33(15-4-1)35-18-11-19-36(28-35)46-32-47(54-52(53-46)34-16-5-2-6-17-34)39-30-37(40-22-12-24-44-42-20-7-9-26-48(42)55-50(40)44)29-38(31-39)41-23-13-25-45-43-21-8-10-27-49(43)56-51(41)45/h1-32H. The van der Waals surface area contributed by atoms with Crippen molar-refractivity contribution in [2.75, 3.05) is 0 Å². The Hall–Kier alpha value is -7.56. The van der Waals surface area contributed by atoms with Gasteiger partial charge in [0.05, 0.1) is 11.4 Å². The van der Waals surface area contributed by atoms with Crippen molar-refractivity contribution in [1.82, 2.24) is 9.97 Å². The van der Waals surface area contributed by atoms with Crippen molar-refractivity contribution in [2.45, 2.75) is 0 Å². The maximum absolute atomic E-state index is 6.60. The van der Waals surface area contributed by atoms with Crippen LogP contribution in [0, 0.1) is 0 Å². The highest BCUT2D eigenvalue weighted by atomic mass is 16.3. The molecule has 0 spiro atoms. The highest BCUT2D eigenvalue weighted by molar-refractivity contribution is 6.11. The van der Waals surface area contributed by atoms with E-state index in [9.17, 15) is 0 Å². The lowest BCUT2D eigenvalue weighted by molar-refractivity contribution is 0.670. The van der Waals surface area contributed by atoms with E-state index in [2.05, 4.69) is 146 Å². The number of furan rings is 2. The molecule has 0 saturated carbocycles. The number of hydrogen-bond acceptors (Lipinski definition) is 4. The number of hydrogen-bond donors (Lipinski definition) is 0. The molecular formula is C52H32N2O2. The lowest BCUT2D eigenvalue weighted by Gasteiger charge is -2.14. The van der Waals surface area contributed by atoms with E-state index >= 15 is 0 Å². The van der Waals surface area contributed by atoms with Crippen LogP contribution >= 0.6 is 0 Å². The van der Waals surface area contributed by atoms with E-state index in [1.54, 1.807) is 0 Å². The molecule has 11 rings (SSSR count). The van der Waals surface area contributed by atoms with Crippen LogP contribution in [0.3, 0.4) is 0 Å². The molecule has 11 aromatic rings. The van der Waals surface area contributed by atoms with Crippen molar-refractivity contribution in [3.63, 3.8) is 0 Å². The number of para-hydroxylation sites is 4. The van der Waals surface area contributed by atoms with Crippen molar-refractivity contribution in [1.29, 1.82) is 0 Å². The number of rotatable bonds is 6. The molecule has 262 valence electrons. The molecule has 0 atom stereocenters. The molecule has 3 heterocycles. The minimum atomic E-state index is 0.661. The Balaban J connectivity index is 1.17. The van der Waals surface area contributed by atoms with Gasteiger partial charge in [0.15, 0.2) is 5.82 Å². The predicted octanol–water partition coefficient (Wildman–Crippen LogP) is 14.3. The van der Waals surface area contributed by atoms with Gasteiger partial charge in [-0.25, -0.2) is 9.97 Å². The lowest BCUT2D eigenvalue weighted by Crippen LogP contribution is -1.97. The van der Waals surface area contributed by atoms with Crippen LogP contribution in [0.4, 0.5) is 0 Å². The predicted molar refractivity (Wildman–Crippen MR) is 229 cm³/mol. The van der Waals surface area contributed by atoms with Gasteiger partial charge in [0, 0.05) is 49.4 Å². The summed E-state index contributed by atoms with van der Waals surface area (Å²) >= 11 is 0. The Labute approximate surface area is 323 Å². The van der Waals surface area contributed by atoms with E-state index in [4.69, 9.17) is 18.8 Å². The fourth-order valence-electron chi connectivity index (χ4n) is 7.98. The largest absolute Gasteiger partial charge is 0.455 e. The van der Waals surface area contributed by atoms with Crippen LogP contribution in [-0.2, 0) is 0 Å². The zero-order valence-electron chi connectivity index (χ0n) is 30.2. The third-order valence-corrected chi connectivity index (χ3v) is 10.7. The van der Waals surface area contributed by atoms with Gasteiger partial charge in [0.25, 0.3) is 0 Å². The van der Waals surface area contributed by atoms with Gasteiger partial charge >= 0.3 is 0 Å². The van der Waals surface area contributed by atoms with Crippen LogP contribution in [-0.4, -0.2) is 9.97 Å². The van der Waals surface area contributed by atoms with Crippen LogP contribution < -0.4 is 0 Å². The zero-order valence-corrected chi connectivity index (χ0v) is 30.2. The normalized spacial score (nSPS) is 11.6. The Morgan fingerprint density at radius 2 is 0.714 bits per heavy atom. The van der Waals surface area contributed by atoms with Gasteiger partial charge < -0.3 is 8.83 Å². The second-order valence-corrected chi connectivity index (χ2v) is 14.1. The summed E-state index contributed by atoms with van der Waals surface area (Å²) in [4.78, 5) is 10.5. The first-order valence-electron chi connectivity index (χ1n) is 18.8. The summed E-state index contributed by atoms with van der Waals surface area (Å²) in [5, 5.41) is 4.36. The summed E-state index contributed by atoms with van der Waals surface area (Å²) in [5.41, 5.74) is 14.3. The molecule has 0 fully saturated rings. The smallest absolute Gasteiger partial charge is 0.160 e. The molecule has 0 aliphatic carbocycles. The first kappa shape index (κ1) is 31.9. The molecule has 8 aromatic carbocycles. The van der Waals surface area contributed by atoms with Gasteiger partial charge in [0.2, 0.25) is 0 Å². The Morgan fingerprint density at radius 3 is 1.32 bits per heavy atom. The molecule has 0 unspecified atom stereocenters. The van der Waals surface area contributed by atoms with Crippen LogP contribution in [0.25, 0.3) is 111 Å². The molecule has 0 aliphatic heterocycles. The van der Waals surface area contributed by atoms with E-state index < -0.39 is 0 Å². The van der Waals surface area contributed by atoms with E-state index in [1.165, 1.54) is 0 Å². The van der Waals surface area contributed by atoms with Crippen molar-refractivity contribution in [3.05, 3.63) is 194 Å². The summed E-state index contributed by atoms with van der Waals surface area (Å²) in [6.45, 7) is 0. The van der Waals surface area contributed by atoms with Gasteiger partial charge in [-0.2, -0.15) is 0 Å². The molecule has 4 nitrogen and oxygen atoms in total. The number of benzene rings is 8. The average molecular weight is 717 g/mol. The van der Waals surface area contributed by atoms with E-state index in [-0.39, 0.29) is 0 Å². The molecule has 0 radical (unpaired) electrons. The highest BCUT2D eigenvalue weighted by Crippen LogP contribution is 2.42. The van der Waals surface area contributed by atoms with Gasteiger partial charge in [0.1, 0.15) is 22.3 Å². The Kier molecular flexibility index (Phi) is 7.46. The Morgan fingerprint density at radius 1 is 0.286 bits per heavy atom. The molecule has 0 amide bonds. The number of aromatic nitrogens is 2. The van der Waals surface area contributed by atoms with Crippen molar-refractivity contribution in [2.24, 2.45) is 0 Å². The van der Waals surface area contributed by atoms with E-state index in [0.717, 1.165) is 105 Å². The van der Waals surface area contributed by atoms with Crippen LogP contribution in [0.15, 0.2) is 203 Å². The molecule has 56 heavy (non-hydrogen) atoms. The first-order chi connectivity index (χ1) is 27.7. The van der Waals surface area contributed by atoms with Gasteiger partial charge in [-0.3, -0.25) is 0 Å². The molecule has 3 aromatic heterocycles. The highest BCUT2D eigenvalue weighted by Gasteiger charge is 2.19. The SMILES string of the molecule is c1ccc(-c2cccc(-c3cc(-c4cc(-c5cccc6c5oc5ccccc56)cc(-c5cccc6c5oc5ccccc56)c4)nc(-c4ccccc4)n3)c2)cc1. The topological polar surface area (TPSA) is 52.1 Å². The maximum Gasteiger partial charge on any atom is 0.160 e. The van der Waals surface area contributed by atoms with Gasteiger partial charge in [-0.05, 0) is 64.7 Å². The molecule has 0 N–H and O–H groups in total. The second-order valence-electron chi connectivity index (χ2n) is 14.1. The minimum Gasteiger partial charge on any atom is -0.455 e. The molecule has 0 bridgehead atoms. The fourth-order valence-corrected chi connectivity index (χ4v) is 7.98. The lowest BCUT2D eigenvalue weighted by atomic mass is 9.93. The third-order valence-electron chi connectivity index (χ3n) is 10.7. The molecule has 0 saturated heterocycles. The summed E-state index contributed by atoms with van der Waals surface area (Å²) in [7, 11) is 0. The summed E-state index contributed by atoms with van der Waals surface area (Å²) < 4.78 is 13.2. The average Bonchev–Trinajstić information content (AvgIpc) is 3.86. The summed E-state index contributed by atoms with van der Waals surface area (Å²) in [6.07, 6.45) is 0. The quantitative estimate of drug-likeness (QED) is 0.172. The van der Waals surface area contributed by atoms with Gasteiger partial charge in [-0.15, -0.1) is 0 Å². The van der Waals surface area contributed by atoms with Gasteiger partial charge in [-0.1, -0.05) is 152 Å². The second kappa shape index (κ2) is 13.1. The van der Waals surface area contributed by atoms with Crippen molar-refractivity contribution >= 4 is 43.9 Å². The minimum absolute atomic E-state index is 0.661. The third kappa shape index (κ3) is 5.47. The Bertz CT molecular complexity index is 3120. The summed E-state index contributed by atoms with van der Waals surface area (Å²) in [6, 6.07) is 67.3. The summed E-state index contributed by atoms with van der Waals surface area (Å²) in [5.74, 6) is 0.661. The van der Waals surface area contributed by atoms with E-state index in [1.807, 2.05) is 48.5 Å². The number of nitrogens with zero attached hydrogens (tertiary/aromatic N) is 2. The monoisotopic (exact) mass is 716 g/mol. The fraction of sp³-hybridized carbons (Fsp3) is 0. The van der Waals surface area contributed by atoms with Crippen LogP contribution in [0.2, 0.25) is 0 Å². The molecule has 0 aliphatic rings. The maximum atomic E-state index is 6.60. The van der Waals surface area contributed by atoms with E-state index in [0.29, 0.717) is 5.82 Å². The van der Waals surface area contributed by atoms with Crippen molar-refractivity contribution < 1.29 is 8.83 Å². The number of fused-ring (bicyclic) bond motifs is 6.